The first-order chi connectivity index (χ1) is 16.2. The largest absolute Gasteiger partial charge is 0.507 e. The fourth-order valence-electron chi connectivity index (χ4n) is 3.78. The van der Waals surface area contributed by atoms with Crippen LogP contribution in [0.3, 0.4) is 0 Å². The third-order valence-corrected chi connectivity index (χ3v) is 5.53. The number of aliphatic hydroxyl groups excluding tert-OH is 3. The van der Waals surface area contributed by atoms with Crippen LogP contribution in [0.15, 0.2) is 39.5 Å². The van der Waals surface area contributed by atoms with E-state index in [4.69, 9.17) is 23.4 Å². The highest BCUT2D eigenvalue weighted by Crippen LogP contribution is 2.41. The maximum atomic E-state index is 12.7. The molecule has 1 fully saturated rings. The Balaban J connectivity index is 1.73. The molecule has 1 aromatic heterocycles. The molecule has 2 heterocycles. The zero-order chi connectivity index (χ0) is 24.6. The predicted molar refractivity (Wildman–Crippen MR) is 117 cm³/mol. The lowest BCUT2D eigenvalue weighted by atomic mass is 10.0. The van der Waals surface area contributed by atoms with Crippen LogP contribution in [0.1, 0.15) is 6.42 Å². The Kier molecular flexibility index (Phi) is 6.53. The molecule has 0 bridgehead atoms. The van der Waals surface area contributed by atoms with Gasteiger partial charge in [-0.1, -0.05) is 0 Å². The van der Waals surface area contributed by atoms with Crippen LogP contribution in [0.5, 0.6) is 28.7 Å². The van der Waals surface area contributed by atoms with Gasteiger partial charge < -0.3 is 48.9 Å². The quantitative estimate of drug-likeness (QED) is 0.345. The topological polar surface area (TPSA) is 168 Å². The number of phenols is 2. The van der Waals surface area contributed by atoms with Crippen LogP contribution in [0, 0.1) is 0 Å². The summed E-state index contributed by atoms with van der Waals surface area (Å²) in [4.78, 5) is 12.7. The molecule has 3 aromatic rings. The first-order valence-electron chi connectivity index (χ1n) is 10.3. The summed E-state index contributed by atoms with van der Waals surface area (Å²) in [6.45, 7) is -0.529. The van der Waals surface area contributed by atoms with Crippen molar-refractivity contribution in [2.45, 2.75) is 31.0 Å². The van der Waals surface area contributed by atoms with E-state index in [0.29, 0.717) is 5.56 Å². The van der Waals surface area contributed by atoms with Gasteiger partial charge in [0.1, 0.15) is 40.4 Å². The summed E-state index contributed by atoms with van der Waals surface area (Å²) in [5.41, 5.74) is -0.160. The summed E-state index contributed by atoms with van der Waals surface area (Å²) in [5, 5.41) is 49.7. The molecule has 4 rings (SSSR count). The van der Waals surface area contributed by atoms with E-state index in [0.717, 1.165) is 0 Å². The molecule has 182 valence electrons. The monoisotopic (exact) mass is 476 g/mol. The second-order valence-electron chi connectivity index (χ2n) is 7.72. The molecular formula is C23H24O11. The van der Waals surface area contributed by atoms with Crippen molar-refractivity contribution in [1.82, 2.24) is 0 Å². The predicted octanol–water partition coefficient (Wildman–Crippen LogP) is 1.10. The molecule has 2 aromatic carbocycles. The van der Waals surface area contributed by atoms with Crippen LogP contribution < -0.4 is 19.6 Å². The third kappa shape index (κ3) is 4.33. The lowest BCUT2D eigenvalue weighted by molar-refractivity contribution is -0.229. The normalized spacial score (nSPS) is 22.5. The Labute approximate surface area is 192 Å². The van der Waals surface area contributed by atoms with Gasteiger partial charge in [0.2, 0.25) is 12.0 Å². The van der Waals surface area contributed by atoms with E-state index in [1.165, 1.54) is 44.6 Å². The summed E-state index contributed by atoms with van der Waals surface area (Å²) in [7, 11) is 2.72. The summed E-state index contributed by atoms with van der Waals surface area (Å²) in [5.74, 6) is -0.235. The number of rotatable bonds is 6. The van der Waals surface area contributed by atoms with E-state index in [2.05, 4.69) is 0 Å². The minimum absolute atomic E-state index is 0.00129. The Morgan fingerprint density at radius 2 is 1.71 bits per heavy atom. The lowest BCUT2D eigenvalue weighted by Gasteiger charge is -2.36. The van der Waals surface area contributed by atoms with Gasteiger partial charge in [0.25, 0.3) is 0 Å². The number of fused-ring (bicyclic) bond motifs is 1. The Morgan fingerprint density at radius 1 is 1.03 bits per heavy atom. The number of phenolic OH excluding ortho intramolecular Hbond substituents is 2. The van der Waals surface area contributed by atoms with Crippen LogP contribution in [0.4, 0.5) is 0 Å². The van der Waals surface area contributed by atoms with Gasteiger partial charge in [-0.3, -0.25) is 4.79 Å². The van der Waals surface area contributed by atoms with E-state index in [1.54, 1.807) is 0 Å². The molecule has 0 radical (unpaired) electrons. The standard InChI is InChI=1S/C23H24O11/c1-30-17-3-10(4-18(31-2)23(17)29)15-7-13(26)21-12(25)5-11(6-16(21)33-15)32-20-8-14(27)22(28)19(9-24)34-20/h3-7,14,19-20,22,24-25,27-29H,8-9H2,1-2H3/t14-,19-,20-,22-/m1/s1. The van der Waals surface area contributed by atoms with E-state index < -0.39 is 42.4 Å². The third-order valence-electron chi connectivity index (χ3n) is 5.53. The molecule has 11 heteroatoms. The Morgan fingerprint density at radius 3 is 2.32 bits per heavy atom. The molecule has 4 atom stereocenters. The second kappa shape index (κ2) is 9.39. The SMILES string of the molecule is COc1cc(-c2cc(=O)c3c(O)cc(O[C@H]4C[C@@H](O)[C@@H](O)[C@@H](CO)O4)cc3o2)cc(OC)c1O. The smallest absolute Gasteiger partial charge is 0.202 e. The van der Waals surface area contributed by atoms with Crippen molar-refractivity contribution in [3.8, 4) is 40.1 Å². The highest BCUT2D eigenvalue weighted by molar-refractivity contribution is 5.86. The Hall–Kier alpha value is -3.51. The summed E-state index contributed by atoms with van der Waals surface area (Å²) >= 11 is 0. The fraction of sp³-hybridized carbons (Fsp3) is 0.348. The van der Waals surface area contributed by atoms with Gasteiger partial charge in [-0.25, -0.2) is 0 Å². The van der Waals surface area contributed by atoms with Crippen molar-refractivity contribution < 1.29 is 48.9 Å². The molecule has 0 amide bonds. The van der Waals surface area contributed by atoms with Gasteiger partial charge in [-0.2, -0.15) is 0 Å². The summed E-state index contributed by atoms with van der Waals surface area (Å²) in [6.07, 6.45) is -4.63. The number of ether oxygens (including phenoxy) is 4. The number of hydrogen-bond donors (Lipinski definition) is 5. The fourth-order valence-corrected chi connectivity index (χ4v) is 3.78. The summed E-state index contributed by atoms with van der Waals surface area (Å²) in [6, 6.07) is 6.66. The van der Waals surface area contributed by atoms with Crippen LogP contribution in [-0.2, 0) is 4.74 Å². The zero-order valence-electron chi connectivity index (χ0n) is 18.3. The van der Waals surface area contributed by atoms with Gasteiger partial charge in [-0.15, -0.1) is 0 Å². The maximum Gasteiger partial charge on any atom is 0.202 e. The van der Waals surface area contributed by atoms with Crippen molar-refractivity contribution in [1.29, 1.82) is 0 Å². The van der Waals surface area contributed by atoms with E-state index in [9.17, 15) is 30.3 Å². The van der Waals surface area contributed by atoms with E-state index in [-0.39, 0.29) is 46.1 Å². The molecule has 11 nitrogen and oxygen atoms in total. The minimum Gasteiger partial charge on any atom is -0.507 e. The van der Waals surface area contributed by atoms with Crippen LogP contribution >= 0.6 is 0 Å². The minimum atomic E-state index is -1.27. The molecule has 1 saturated heterocycles. The van der Waals surface area contributed by atoms with Crippen molar-refractivity contribution in [2.24, 2.45) is 0 Å². The molecular weight excluding hydrogens is 452 g/mol. The first-order valence-corrected chi connectivity index (χ1v) is 10.3. The molecule has 0 saturated carbocycles. The highest BCUT2D eigenvalue weighted by Gasteiger charge is 2.37. The van der Waals surface area contributed by atoms with Gasteiger partial charge in [0.05, 0.1) is 26.9 Å². The molecule has 1 aliphatic rings. The zero-order valence-corrected chi connectivity index (χ0v) is 18.3. The van der Waals surface area contributed by atoms with Gasteiger partial charge in [-0.05, 0) is 12.1 Å². The van der Waals surface area contributed by atoms with Crippen molar-refractivity contribution in [3.63, 3.8) is 0 Å². The van der Waals surface area contributed by atoms with Gasteiger partial charge in [0.15, 0.2) is 16.9 Å². The molecule has 0 unspecified atom stereocenters. The first kappa shape index (κ1) is 23.6. The number of methoxy groups -OCH3 is 2. The molecule has 0 aliphatic carbocycles. The molecule has 1 aliphatic heterocycles. The molecule has 0 spiro atoms. The van der Waals surface area contributed by atoms with Crippen LogP contribution in [-0.4, -0.2) is 71.0 Å². The van der Waals surface area contributed by atoms with Gasteiger partial charge in [0, 0.05) is 30.2 Å². The average molecular weight is 476 g/mol. The number of aromatic hydroxyl groups is 2. The van der Waals surface area contributed by atoms with Crippen molar-refractivity contribution >= 4 is 11.0 Å². The van der Waals surface area contributed by atoms with Gasteiger partial charge >= 0.3 is 0 Å². The Bertz CT molecular complexity index is 1230. The lowest BCUT2D eigenvalue weighted by Crippen LogP contribution is -2.51. The van der Waals surface area contributed by atoms with E-state index in [1.807, 2.05) is 0 Å². The maximum absolute atomic E-state index is 12.7. The summed E-state index contributed by atoms with van der Waals surface area (Å²) < 4.78 is 27.3. The average Bonchev–Trinajstić information content (AvgIpc) is 2.80. The number of benzene rings is 2. The van der Waals surface area contributed by atoms with E-state index >= 15 is 0 Å². The molecule has 34 heavy (non-hydrogen) atoms. The highest BCUT2D eigenvalue weighted by atomic mass is 16.7. The second-order valence-corrected chi connectivity index (χ2v) is 7.72. The van der Waals surface area contributed by atoms with Crippen molar-refractivity contribution in [2.75, 3.05) is 20.8 Å². The van der Waals surface area contributed by atoms with Crippen molar-refractivity contribution in [3.05, 3.63) is 40.6 Å². The number of hydrogen-bond acceptors (Lipinski definition) is 11. The molecule has 5 N–H and O–H groups in total. The number of aliphatic hydroxyl groups is 3. The van der Waals surface area contributed by atoms with Crippen LogP contribution in [0.25, 0.3) is 22.3 Å². The van der Waals surface area contributed by atoms with Crippen LogP contribution in [0.2, 0.25) is 0 Å².